The van der Waals surface area contributed by atoms with Crippen LogP contribution in [-0.4, -0.2) is 41.3 Å². The summed E-state index contributed by atoms with van der Waals surface area (Å²) in [7, 11) is -3.65. The van der Waals surface area contributed by atoms with Gasteiger partial charge < -0.3 is 9.64 Å². The lowest BCUT2D eigenvalue weighted by molar-refractivity contribution is -0.909. The van der Waals surface area contributed by atoms with Gasteiger partial charge >= 0.3 is 0 Å². The molecule has 5 nitrogen and oxygen atoms in total. The molecule has 1 aliphatic rings. The highest BCUT2D eigenvalue weighted by Crippen LogP contribution is 2.21. The topological polar surface area (TPSA) is 59.8 Å². The van der Waals surface area contributed by atoms with Gasteiger partial charge in [-0.1, -0.05) is 60.2 Å². The first-order chi connectivity index (χ1) is 14.0. The Morgan fingerprint density at radius 3 is 2.38 bits per heavy atom. The Morgan fingerprint density at radius 1 is 0.966 bits per heavy atom. The Balaban J connectivity index is 1.62. The van der Waals surface area contributed by atoms with Gasteiger partial charge in [-0.15, -0.1) is 0 Å². The van der Waals surface area contributed by atoms with Crippen LogP contribution in [0.25, 0.3) is 10.8 Å². The molecule has 0 aromatic heterocycles. The number of benzene rings is 3. The molecule has 3 aromatic carbocycles. The van der Waals surface area contributed by atoms with Gasteiger partial charge in [0.25, 0.3) is 0 Å². The highest BCUT2D eigenvalue weighted by molar-refractivity contribution is 7.89. The van der Waals surface area contributed by atoms with Gasteiger partial charge in [0.2, 0.25) is 10.0 Å². The highest BCUT2D eigenvalue weighted by Gasteiger charge is 2.26. The van der Waals surface area contributed by atoms with E-state index in [0.29, 0.717) is 24.7 Å². The first kappa shape index (κ1) is 20.0. The predicted octanol–water partition coefficient (Wildman–Crippen LogP) is 2.08. The summed E-state index contributed by atoms with van der Waals surface area (Å²) in [5.41, 5.74) is 2.14. The largest absolute Gasteiger partial charge is 0.370 e. The van der Waals surface area contributed by atoms with E-state index < -0.39 is 10.0 Å². The van der Waals surface area contributed by atoms with Crippen LogP contribution in [0.15, 0.2) is 71.6 Å². The molecule has 0 saturated carbocycles. The maximum atomic E-state index is 13.2. The molecule has 0 unspecified atom stereocenters. The minimum absolute atomic E-state index is 0.292. The first-order valence-electron chi connectivity index (χ1n) is 10.0. The fraction of sp³-hybridized carbons (Fsp3) is 0.304. The van der Waals surface area contributed by atoms with Crippen molar-refractivity contribution in [1.29, 1.82) is 0 Å². The van der Waals surface area contributed by atoms with Crippen molar-refractivity contribution in [2.75, 3.05) is 32.8 Å². The SMILES string of the molecule is Cc1ccc([C@H](C[NH+]2CCOCC2)NS(=O)(=O)c2ccc3ccccc3c2)cc1. The van der Waals surface area contributed by atoms with Crippen molar-refractivity contribution in [2.45, 2.75) is 17.9 Å². The van der Waals surface area contributed by atoms with E-state index >= 15 is 0 Å². The first-order valence-corrected chi connectivity index (χ1v) is 11.5. The third kappa shape index (κ3) is 4.85. The van der Waals surface area contributed by atoms with Crippen LogP contribution in [0.5, 0.6) is 0 Å². The second kappa shape index (κ2) is 8.63. The Labute approximate surface area is 172 Å². The van der Waals surface area contributed by atoms with Crippen molar-refractivity contribution in [3.63, 3.8) is 0 Å². The summed E-state index contributed by atoms with van der Waals surface area (Å²) >= 11 is 0. The minimum Gasteiger partial charge on any atom is -0.370 e. The molecule has 4 rings (SSSR count). The summed E-state index contributed by atoms with van der Waals surface area (Å²) in [6.07, 6.45) is 0. The molecule has 1 atom stereocenters. The van der Waals surface area contributed by atoms with E-state index in [2.05, 4.69) is 4.72 Å². The lowest BCUT2D eigenvalue weighted by atomic mass is 10.1. The van der Waals surface area contributed by atoms with E-state index in [9.17, 15) is 8.42 Å². The third-order valence-corrected chi connectivity index (χ3v) is 6.97. The molecule has 0 aliphatic carbocycles. The Kier molecular flexibility index (Phi) is 5.96. The molecule has 152 valence electrons. The molecule has 1 aliphatic heterocycles. The van der Waals surface area contributed by atoms with Crippen LogP contribution in [0.4, 0.5) is 0 Å². The standard InChI is InChI=1S/C23H26N2O3S/c1-18-6-8-20(9-7-18)23(17-25-12-14-28-15-13-25)24-29(26,27)22-11-10-19-4-2-3-5-21(19)16-22/h2-11,16,23-24H,12-15,17H2,1H3/p+1/t23-/m0/s1. The smallest absolute Gasteiger partial charge is 0.241 e. The highest BCUT2D eigenvalue weighted by atomic mass is 32.2. The van der Waals surface area contributed by atoms with Gasteiger partial charge in [-0.2, -0.15) is 4.72 Å². The lowest BCUT2D eigenvalue weighted by Gasteiger charge is -2.28. The van der Waals surface area contributed by atoms with Crippen molar-refractivity contribution >= 4 is 20.8 Å². The molecule has 0 spiro atoms. The fourth-order valence-electron chi connectivity index (χ4n) is 3.77. The number of ether oxygens (including phenoxy) is 1. The molecular formula is C23H27N2O3S+. The number of hydrogen-bond donors (Lipinski definition) is 2. The fourth-order valence-corrected chi connectivity index (χ4v) is 5.03. The average molecular weight is 412 g/mol. The lowest BCUT2D eigenvalue weighted by Crippen LogP contribution is -3.14. The number of quaternary nitrogens is 1. The van der Waals surface area contributed by atoms with Gasteiger partial charge in [-0.05, 0) is 35.4 Å². The number of fused-ring (bicyclic) bond motifs is 1. The zero-order valence-electron chi connectivity index (χ0n) is 16.6. The van der Waals surface area contributed by atoms with Crippen molar-refractivity contribution in [1.82, 2.24) is 4.72 Å². The van der Waals surface area contributed by atoms with Crippen LogP contribution in [0, 0.1) is 6.92 Å². The van der Waals surface area contributed by atoms with Gasteiger partial charge in [-0.25, -0.2) is 8.42 Å². The Morgan fingerprint density at radius 2 is 1.66 bits per heavy atom. The van der Waals surface area contributed by atoms with E-state index in [1.54, 1.807) is 12.1 Å². The second-order valence-corrected chi connectivity index (χ2v) is 9.37. The summed E-state index contributed by atoms with van der Waals surface area (Å²) in [5, 5.41) is 1.94. The molecule has 2 N–H and O–H groups in total. The summed E-state index contributed by atoms with van der Waals surface area (Å²) in [4.78, 5) is 1.65. The van der Waals surface area contributed by atoms with Crippen molar-refractivity contribution in [2.24, 2.45) is 0 Å². The van der Waals surface area contributed by atoms with Gasteiger partial charge in [0.05, 0.1) is 30.7 Å². The van der Waals surface area contributed by atoms with Crippen LogP contribution in [0.1, 0.15) is 17.2 Å². The van der Waals surface area contributed by atoms with Gasteiger partial charge in [-0.3, -0.25) is 0 Å². The van der Waals surface area contributed by atoms with Crippen LogP contribution in [-0.2, 0) is 14.8 Å². The number of sulfonamides is 1. The molecular weight excluding hydrogens is 384 g/mol. The van der Waals surface area contributed by atoms with E-state index in [0.717, 1.165) is 35.0 Å². The monoisotopic (exact) mass is 411 g/mol. The number of morpholine rings is 1. The third-order valence-electron chi connectivity index (χ3n) is 5.50. The molecule has 1 fully saturated rings. The van der Waals surface area contributed by atoms with Gasteiger partial charge in [0.15, 0.2) is 0 Å². The number of nitrogens with one attached hydrogen (secondary N) is 2. The normalized spacial score (nSPS) is 16.7. The van der Waals surface area contributed by atoms with Gasteiger partial charge in [0, 0.05) is 0 Å². The van der Waals surface area contributed by atoms with Crippen molar-refractivity contribution < 1.29 is 18.1 Å². The average Bonchev–Trinajstić information content (AvgIpc) is 2.74. The summed E-state index contributed by atoms with van der Waals surface area (Å²) in [6, 6.07) is 20.9. The Bertz CT molecular complexity index is 1070. The number of hydrogen-bond acceptors (Lipinski definition) is 3. The molecule has 3 aromatic rings. The van der Waals surface area contributed by atoms with Crippen LogP contribution < -0.4 is 9.62 Å². The van der Waals surface area contributed by atoms with Gasteiger partial charge in [0.1, 0.15) is 13.1 Å². The molecule has 6 heteroatoms. The van der Waals surface area contributed by atoms with E-state index in [4.69, 9.17) is 4.74 Å². The summed E-state index contributed by atoms with van der Waals surface area (Å²) < 4.78 is 34.9. The summed E-state index contributed by atoms with van der Waals surface area (Å²) in [6.45, 7) is 5.94. The van der Waals surface area contributed by atoms with E-state index in [-0.39, 0.29) is 6.04 Å². The zero-order chi connectivity index (χ0) is 20.3. The predicted molar refractivity (Wildman–Crippen MR) is 115 cm³/mol. The second-order valence-electron chi connectivity index (χ2n) is 7.66. The van der Waals surface area contributed by atoms with E-state index in [1.165, 1.54) is 4.90 Å². The van der Waals surface area contributed by atoms with Crippen molar-refractivity contribution in [3.05, 3.63) is 77.9 Å². The number of rotatable bonds is 6. The van der Waals surface area contributed by atoms with Crippen LogP contribution in [0.2, 0.25) is 0 Å². The minimum atomic E-state index is -3.65. The zero-order valence-corrected chi connectivity index (χ0v) is 17.4. The maximum Gasteiger partial charge on any atom is 0.241 e. The molecule has 0 amide bonds. The summed E-state index contributed by atoms with van der Waals surface area (Å²) in [5.74, 6) is 0. The molecule has 1 heterocycles. The molecule has 1 saturated heterocycles. The van der Waals surface area contributed by atoms with Crippen LogP contribution in [0.3, 0.4) is 0 Å². The van der Waals surface area contributed by atoms with Crippen LogP contribution >= 0.6 is 0 Å². The maximum absolute atomic E-state index is 13.2. The van der Waals surface area contributed by atoms with Crippen molar-refractivity contribution in [3.8, 4) is 0 Å². The number of aryl methyl sites for hydroxylation is 1. The Hall–Kier alpha value is -2.25. The van der Waals surface area contributed by atoms with E-state index in [1.807, 2.05) is 61.5 Å². The quantitative estimate of drug-likeness (QED) is 0.653. The molecule has 0 radical (unpaired) electrons. The molecule has 29 heavy (non-hydrogen) atoms. The molecule has 0 bridgehead atoms.